The summed E-state index contributed by atoms with van der Waals surface area (Å²) in [7, 11) is -2.97. The van der Waals surface area contributed by atoms with Crippen molar-refractivity contribution in [3.8, 4) is 0 Å². The number of amides is 1. The van der Waals surface area contributed by atoms with E-state index in [2.05, 4.69) is 16.4 Å². The first kappa shape index (κ1) is 15.1. The Kier molecular flexibility index (Phi) is 3.72. The SMILES string of the molecule is Cc1ccc2[nH]c(C)c(CC(=O)N[C@H]3CCS(=O)(=O)C3)c2c1. The zero-order valence-electron chi connectivity index (χ0n) is 12.8. The van der Waals surface area contributed by atoms with E-state index in [4.69, 9.17) is 0 Å². The molecule has 1 aromatic heterocycles. The zero-order valence-corrected chi connectivity index (χ0v) is 13.6. The van der Waals surface area contributed by atoms with Gasteiger partial charge in [-0.2, -0.15) is 0 Å². The van der Waals surface area contributed by atoms with E-state index >= 15 is 0 Å². The van der Waals surface area contributed by atoms with Crippen LogP contribution in [0.5, 0.6) is 0 Å². The molecule has 1 fully saturated rings. The summed E-state index contributed by atoms with van der Waals surface area (Å²) in [5.74, 6) is 0.112. The van der Waals surface area contributed by atoms with Crippen molar-refractivity contribution < 1.29 is 13.2 Å². The molecule has 1 aromatic carbocycles. The van der Waals surface area contributed by atoms with Crippen molar-refractivity contribution in [3.63, 3.8) is 0 Å². The molecule has 2 aromatic rings. The van der Waals surface area contributed by atoms with Gasteiger partial charge in [0.2, 0.25) is 5.91 Å². The molecule has 5 nitrogen and oxygen atoms in total. The molecule has 0 radical (unpaired) electrons. The van der Waals surface area contributed by atoms with Crippen molar-refractivity contribution in [1.29, 1.82) is 0 Å². The van der Waals surface area contributed by atoms with E-state index in [0.29, 0.717) is 6.42 Å². The van der Waals surface area contributed by atoms with E-state index in [1.807, 2.05) is 26.0 Å². The minimum Gasteiger partial charge on any atom is -0.358 e. The topological polar surface area (TPSA) is 79.0 Å². The molecule has 3 rings (SSSR count). The number of carbonyl (C=O) groups is 1. The third-order valence-electron chi connectivity index (χ3n) is 4.21. The van der Waals surface area contributed by atoms with Crippen LogP contribution in [0, 0.1) is 13.8 Å². The van der Waals surface area contributed by atoms with Gasteiger partial charge >= 0.3 is 0 Å². The van der Waals surface area contributed by atoms with Crippen LogP contribution in [0.25, 0.3) is 10.9 Å². The van der Waals surface area contributed by atoms with Gasteiger partial charge in [0.15, 0.2) is 9.84 Å². The smallest absolute Gasteiger partial charge is 0.224 e. The monoisotopic (exact) mass is 320 g/mol. The first-order chi connectivity index (χ1) is 10.3. The molecule has 1 aliphatic rings. The second kappa shape index (κ2) is 5.43. The van der Waals surface area contributed by atoms with Crippen molar-refractivity contribution in [1.82, 2.24) is 10.3 Å². The van der Waals surface area contributed by atoms with Crippen LogP contribution in [0.4, 0.5) is 0 Å². The fraction of sp³-hybridized carbons (Fsp3) is 0.438. The van der Waals surface area contributed by atoms with Crippen LogP contribution in [0.15, 0.2) is 18.2 Å². The number of aryl methyl sites for hydroxylation is 2. The first-order valence-corrected chi connectivity index (χ1v) is 9.24. The van der Waals surface area contributed by atoms with Crippen molar-refractivity contribution in [3.05, 3.63) is 35.0 Å². The molecule has 118 valence electrons. The predicted molar refractivity (Wildman–Crippen MR) is 86.7 cm³/mol. The maximum absolute atomic E-state index is 12.2. The van der Waals surface area contributed by atoms with Gasteiger partial charge in [0.1, 0.15) is 0 Å². The first-order valence-electron chi connectivity index (χ1n) is 7.42. The largest absolute Gasteiger partial charge is 0.358 e. The fourth-order valence-electron chi connectivity index (χ4n) is 3.07. The number of sulfone groups is 1. The minimum atomic E-state index is -2.97. The molecule has 1 aliphatic heterocycles. The Morgan fingerprint density at radius 1 is 1.36 bits per heavy atom. The highest BCUT2D eigenvalue weighted by molar-refractivity contribution is 7.91. The number of nitrogens with one attached hydrogen (secondary N) is 2. The molecule has 2 N–H and O–H groups in total. The summed E-state index contributed by atoms with van der Waals surface area (Å²) < 4.78 is 22.9. The number of fused-ring (bicyclic) bond motifs is 1. The Morgan fingerprint density at radius 2 is 2.14 bits per heavy atom. The highest BCUT2D eigenvalue weighted by atomic mass is 32.2. The standard InChI is InChI=1S/C16H20N2O3S/c1-10-3-4-15-14(7-10)13(11(2)17-15)8-16(19)18-12-5-6-22(20,21)9-12/h3-4,7,12,17H,5-6,8-9H2,1-2H3,(H,18,19)/t12-/m0/s1. The van der Waals surface area contributed by atoms with Gasteiger partial charge in [-0.05, 0) is 38.0 Å². The summed E-state index contributed by atoms with van der Waals surface area (Å²) in [6, 6.07) is 5.88. The van der Waals surface area contributed by atoms with Gasteiger partial charge in [0.25, 0.3) is 0 Å². The van der Waals surface area contributed by atoms with Gasteiger partial charge in [0.05, 0.1) is 17.9 Å². The molecule has 1 amide bonds. The maximum atomic E-state index is 12.2. The van der Waals surface area contributed by atoms with E-state index in [9.17, 15) is 13.2 Å². The number of aromatic amines is 1. The molecule has 0 aliphatic carbocycles. The lowest BCUT2D eigenvalue weighted by Crippen LogP contribution is -2.36. The number of H-pyrrole nitrogens is 1. The van der Waals surface area contributed by atoms with Gasteiger partial charge in [-0.25, -0.2) is 8.42 Å². The van der Waals surface area contributed by atoms with E-state index in [0.717, 1.165) is 27.7 Å². The summed E-state index contributed by atoms with van der Waals surface area (Å²) in [4.78, 5) is 15.5. The molecule has 1 atom stereocenters. The Bertz CT molecular complexity index is 836. The van der Waals surface area contributed by atoms with Crippen LogP contribution < -0.4 is 5.32 Å². The molecular formula is C16H20N2O3S. The minimum absolute atomic E-state index is 0.0602. The molecular weight excluding hydrogens is 300 g/mol. The van der Waals surface area contributed by atoms with Gasteiger partial charge in [-0.1, -0.05) is 11.6 Å². The Morgan fingerprint density at radius 3 is 2.82 bits per heavy atom. The molecule has 2 heterocycles. The Balaban J connectivity index is 1.77. The molecule has 0 saturated carbocycles. The quantitative estimate of drug-likeness (QED) is 0.902. The van der Waals surface area contributed by atoms with Crippen molar-refractivity contribution in [2.24, 2.45) is 0 Å². The molecule has 0 spiro atoms. The second-order valence-corrected chi connectivity index (χ2v) is 8.35. The third kappa shape index (κ3) is 3.02. The van der Waals surface area contributed by atoms with Gasteiger partial charge in [0, 0.05) is 22.6 Å². The lowest BCUT2D eigenvalue weighted by atomic mass is 10.1. The number of carbonyl (C=O) groups excluding carboxylic acids is 1. The summed E-state index contributed by atoms with van der Waals surface area (Å²) in [6.07, 6.45) is 0.784. The van der Waals surface area contributed by atoms with E-state index in [-0.39, 0.29) is 29.9 Å². The average molecular weight is 320 g/mol. The van der Waals surface area contributed by atoms with Crippen LogP contribution in [0.3, 0.4) is 0 Å². The summed E-state index contributed by atoms with van der Waals surface area (Å²) in [5, 5.41) is 3.91. The summed E-state index contributed by atoms with van der Waals surface area (Å²) in [6.45, 7) is 3.98. The summed E-state index contributed by atoms with van der Waals surface area (Å²) >= 11 is 0. The van der Waals surface area contributed by atoms with Crippen LogP contribution >= 0.6 is 0 Å². The molecule has 22 heavy (non-hydrogen) atoms. The number of hydrogen-bond acceptors (Lipinski definition) is 3. The highest BCUT2D eigenvalue weighted by Gasteiger charge is 2.29. The average Bonchev–Trinajstić information content (AvgIpc) is 2.91. The lowest BCUT2D eigenvalue weighted by Gasteiger charge is -2.11. The second-order valence-electron chi connectivity index (χ2n) is 6.12. The summed E-state index contributed by atoms with van der Waals surface area (Å²) in [5.41, 5.74) is 4.14. The van der Waals surface area contributed by atoms with E-state index in [1.165, 1.54) is 0 Å². The molecule has 1 saturated heterocycles. The van der Waals surface area contributed by atoms with Gasteiger partial charge < -0.3 is 10.3 Å². The van der Waals surface area contributed by atoms with E-state index < -0.39 is 9.84 Å². The van der Waals surface area contributed by atoms with Crippen molar-refractivity contribution in [2.75, 3.05) is 11.5 Å². The van der Waals surface area contributed by atoms with Gasteiger partial charge in [-0.15, -0.1) is 0 Å². The fourth-order valence-corrected chi connectivity index (χ4v) is 4.75. The molecule has 0 unspecified atom stereocenters. The van der Waals surface area contributed by atoms with Crippen LogP contribution in [-0.4, -0.2) is 36.9 Å². The number of aromatic nitrogens is 1. The normalized spacial score (nSPS) is 20.4. The number of rotatable bonds is 3. The molecule has 0 bridgehead atoms. The van der Waals surface area contributed by atoms with Crippen molar-refractivity contribution >= 4 is 26.6 Å². The molecule has 6 heteroatoms. The number of hydrogen-bond donors (Lipinski definition) is 2. The Labute approximate surface area is 130 Å². The van der Waals surface area contributed by atoms with Crippen LogP contribution in [0.1, 0.15) is 23.2 Å². The lowest BCUT2D eigenvalue weighted by molar-refractivity contribution is -0.120. The Hall–Kier alpha value is -1.82. The predicted octanol–water partition coefficient (Wildman–Crippen LogP) is 1.63. The number of benzene rings is 1. The van der Waals surface area contributed by atoms with Gasteiger partial charge in [-0.3, -0.25) is 4.79 Å². The van der Waals surface area contributed by atoms with Crippen LogP contribution in [-0.2, 0) is 21.1 Å². The highest BCUT2D eigenvalue weighted by Crippen LogP contribution is 2.24. The maximum Gasteiger partial charge on any atom is 0.224 e. The van der Waals surface area contributed by atoms with Crippen LogP contribution in [0.2, 0.25) is 0 Å². The zero-order chi connectivity index (χ0) is 15.9. The van der Waals surface area contributed by atoms with E-state index in [1.54, 1.807) is 0 Å². The third-order valence-corrected chi connectivity index (χ3v) is 5.98. The van der Waals surface area contributed by atoms with Crippen molar-refractivity contribution in [2.45, 2.75) is 32.7 Å².